The van der Waals surface area contributed by atoms with Crippen LogP contribution in [0.1, 0.15) is 20.3 Å². The molecule has 1 aromatic rings. The van der Waals surface area contributed by atoms with Gasteiger partial charge in [0.15, 0.2) is 0 Å². The molecule has 0 radical (unpaired) electrons. The van der Waals surface area contributed by atoms with Crippen LogP contribution >= 0.6 is 0 Å². The Morgan fingerprint density at radius 1 is 1.19 bits per heavy atom. The topological polar surface area (TPSA) is 50.7 Å². The van der Waals surface area contributed by atoms with E-state index >= 15 is 0 Å². The summed E-state index contributed by atoms with van der Waals surface area (Å²) in [4.78, 5) is 0. The zero-order valence-electron chi connectivity index (χ0n) is 12.8. The third-order valence-corrected chi connectivity index (χ3v) is 2.90. The van der Waals surface area contributed by atoms with Crippen molar-refractivity contribution in [3.05, 3.63) is 30.1 Å². The molecule has 1 aromatic carbocycles. The van der Waals surface area contributed by atoms with Gasteiger partial charge in [-0.15, -0.1) is 0 Å². The van der Waals surface area contributed by atoms with Gasteiger partial charge in [0.25, 0.3) is 0 Å². The fraction of sp³-hybridized carbons (Fsp3) is 0.625. The van der Waals surface area contributed by atoms with E-state index in [1.165, 1.54) is 24.3 Å². The summed E-state index contributed by atoms with van der Waals surface area (Å²) in [6, 6.07) is 5.74. The summed E-state index contributed by atoms with van der Waals surface area (Å²) in [6.07, 6.45) is 0.458. The number of hydrogen-bond acceptors (Lipinski definition) is 4. The van der Waals surface area contributed by atoms with E-state index in [0.717, 1.165) is 13.0 Å². The first-order valence-electron chi connectivity index (χ1n) is 7.43. The first-order chi connectivity index (χ1) is 10.1. The Morgan fingerprint density at radius 3 is 2.57 bits per heavy atom. The lowest BCUT2D eigenvalue weighted by molar-refractivity contribution is 0.0967. The lowest BCUT2D eigenvalue weighted by atomic mass is 10.1. The molecule has 120 valence electrons. The molecular weight excluding hydrogens is 273 g/mol. The molecule has 0 fully saturated rings. The molecule has 0 aliphatic rings. The molecule has 4 nitrogen and oxygen atoms in total. The summed E-state index contributed by atoms with van der Waals surface area (Å²) in [5.74, 6) is 0.901. The van der Waals surface area contributed by atoms with E-state index < -0.39 is 6.10 Å². The van der Waals surface area contributed by atoms with Crippen LogP contribution in [0.5, 0.6) is 5.75 Å². The van der Waals surface area contributed by atoms with Crippen LogP contribution in [0.25, 0.3) is 0 Å². The monoisotopic (exact) mass is 299 g/mol. The molecule has 5 heteroatoms. The van der Waals surface area contributed by atoms with Crippen molar-refractivity contribution in [2.45, 2.75) is 26.4 Å². The second-order valence-corrected chi connectivity index (χ2v) is 5.42. The van der Waals surface area contributed by atoms with Crippen molar-refractivity contribution >= 4 is 0 Å². The fourth-order valence-electron chi connectivity index (χ4n) is 1.62. The molecule has 0 spiro atoms. The number of aliphatic hydroxyl groups is 1. The molecule has 0 aliphatic heterocycles. The molecule has 0 saturated carbocycles. The number of halogens is 1. The van der Waals surface area contributed by atoms with Crippen LogP contribution in [-0.2, 0) is 4.74 Å². The second-order valence-electron chi connectivity index (χ2n) is 5.42. The molecular formula is C16H26FNO3. The van der Waals surface area contributed by atoms with Crippen molar-refractivity contribution < 1.29 is 19.0 Å². The molecule has 1 unspecified atom stereocenters. The molecule has 0 saturated heterocycles. The Morgan fingerprint density at radius 2 is 1.90 bits per heavy atom. The molecule has 1 rings (SSSR count). The highest BCUT2D eigenvalue weighted by atomic mass is 19.1. The van der Waals surface area contributed by atoms with Crippen LogP contribution in [0.2, 0.25) is 0 Å². The third kappa shape index (κ3) is 9.39. The van der Waals surface area contributed by atoms with E-state index in [-0.39, 0.29) is 12.4 Å². The normalized spacial score (nSPS) is 12.6. The first kappa shape index (κ1) is 17.9. The van der Waals surface area contributed by atoms with Crippen molar-refractivity contribution in [2.24, 2.45) is 5.92 Å². The fourth-order valence-corrected chi connectivity index (χ4v) is 1.62. The van der Waals surface area contributed by atoms with Crippen molar-refractivity contribution in [1.82, 2.24) is 5.32 Å². The zero-order valence-corrected chi connectivity index (χ0v) is 12.8. The van der Waals surface area contributed by atoms with Gasteiger partial charge >= 0.3 is 0 Å². The molecule has 1 atom stereocenters. The van der Waals surface area contributed by atoms with Crippen LogP contribution < -0.4 is 10.1 Å². The molecule has 0 amide bonds. The van der Waals surface area contributed by atoms with Crippen LogP contribution in [0.3, 0.4) is 0 Å². The summed E-state index contributed by atoms with van der Waals surface area (Å²) in [7, 11) is 0. The third-order valence-electron chi connectivity index (χ3n) is 2.90. The predicted octanol–water partition coefficient (Wildman–Crippen LogP) is 2.22. The molecule has 0 heterocycles. The molecule has 2 N–H and O–H groups in total. The van der Waals surface area contributed by atoms with E-state index in [0.29, 0.717) is 31.4 Å². The molecule has 21 heavy (non-hydrogen) atoms. The maximum atomic E-state index is 12.7. The summed E-state index contributed by atoms with van der Waals surface area (Å²) < 4.78 is 23.5. The van der Waals surface area contributed by atoms with Gasteiger partial charge in [-0.05, 0) is 36.6 Å². The highest BCUT2D eigenvalue weighted by molar-refractivity contribution is 5.22. The van der Waals surface area contributed by atoms with Crippen molar-refractivity contribution in [3.63, 3.8) is 0 Å². The largest absolute Gasteiger partial charge is 0.491 e. The number of aliphatic hydroxyl groups excluding tert-OH is 1. The summed E-state index contributed by atoms with van der Waals surface area (Å²) in [5, 5.41) is 12.8. The quantitative estimate of drug-likeness (QED) is 0.615. The molecule has 0 aliphatic carbocycles. The average molecular weight is 299 g/mol. The Hall–Kier alpha value is -1.17. The van der Waals surface area contributed by atoms with E-state index in [2.05, 4.69) is 19.2 Å². The van der Waals surface area contributed by atoms with Crippen molar-refractivity contribution in [1.29, 1.82) is 0 Å². The van der Waals surface area contributed by atoms with E-state index in [1.54, 1.807) is 0 Å². The predicted molar refractivity (Wildman–Crippen MR) is 81.0 cm³/mol. The van der Waals surface area contributed by atoms with Gasteiger partial charge in [0, 0.05) is 19.7 Å². The van der Waals surface area contributed by atoms with Gasteiger partial charge in [0.1, 0.15) is 24.3 Å². The van der Waals surface area contributed by atoms with Gasteiger partial charge in [-0.2, -0.15) is 0 Å². The summed E-state index contributed by atoms with van der Waals surface area (Å²) in [5.41, 5.74) is 0. The summed E-state index contributed by atoms with van der Waals surface area (Å²) in [6.45, 7) is 7.05. The number of benzene rings is 1. The first-order valence-corrected chi connectivity index (χ1v) is 7.43. The maximum absolute atomic E-state index is 12.7. The Labute approximate surface area is 126 Å². The minimum absolute atomic E-state index is 0.173. The van der Waals surface area contributed by atoms with E-state index in [1.807, 2.05) is 0 Å². The van der Waals surface area contributed by atoms with Gasteiger partial charge in [0.2, 0.25) is 0 Å². The Bertz CT molecular complexity index is 370. The van der Waals surface area contributed by atoms with Crippen LogP contribution in [0.4, 0.5) is 4.39 Å². The SMILES string of the molecule is CC(C)CCOCCNCC(O)COc1ccc(F)cc1. The van der Waals surface area contributed by atoms with Crippen molar-refractivity contribution in [3.8, 4) is 5.75 Å². The Balaban J connectivity index is 1.98. The second kappa shape index (κ2) is 10.5. The minimum Gasteiger partial charge on any atom is -0.491 e. The molecule has 0 aromatic heterocycles. The van der Waals surface area contributed by atoms with E-state index in [9.17, 15) is 9.50 Å². The standard InChI is InChI=1S/C16H26FNO3/c1-13(2)7-9-20-10-8-18-11-15(19)12-21-16-5-3-14(17)4-6-16/h3-6,13,15,18-19H,7-12H2,1-2H3. The zero-order chi connectivity index (χ0) is 15.5. The lowest BCUT2D eigenvalue weighted by Crippen LogP contribution is -2.33. The van der Waals surface area contributed by atoms with E-state index in [4.69, 9.17) is 9.47 Å². The van der Waals surface area contributed by atoms with Crippen LogP contribution in [-0.4, -0.2) is 44.1 Å². The summed E-state index contributed by atoms with van der Waals surface area (Å²) >= 11 is 0. The van der Waals surface area contributed by atoms with Gasteiger partial charge in [0.05, 0.1) is 6.61 Å². The van der Waals surface area contributed by atoms with Gasteiger partial charge < -0.3 is 19.9 Å². The maximum Gasteiger partial charge on any atom is 0.123 e. The van der Waals surface area contributed by atoms with Gasteiger partial charge in [-0.3, -0.25) is 0 Å². The number of ether oxygens (including phenoxy) is 2. The smallest absolute Gasteiger partial charge is 0.123 e. The van der Waals surface area contributed by atoms with Gasteiger partial charge in [-0.25, -0.2) is 4.39 Å². The van der Waals surface area contributed by atoms with Crippen LogP contribution in [0, 0.1) is 11.7 Å². The van der Waals surface area contributed by atoms with Crippen molar-refractivity contribution in [2.75, 3.05) is 32.9 Å². The number of hydrogen-bond donors (Lipinski definition) is 2. The highest BCUT2D eigenvalue weighted by Crippen LogP contribution is 2.11. The number of nitrogens with one attached hydrogen (secondary N) is 1. The lowest BCUT2D eigenvalue weighted by Gasteiger charge is -2.13. The Kier molecular flexibility index (Phi) is 8.98. The highest BCUT2D eigenvalue weighted by Gasteiger charge is 2.05. The minimum atomic E-state index is -0.606. The average Bonchev–Trinajstić information content (AvgIpc) is 2.45. The van der Waals surface area contributed by atoms with Gasteiger partial charge in [-0.1, -0.05) is 13.8 Å². The molecule has 0 bridgehead atoms. The van der Waals surface area contributed by atoms with Crippen LogP contribution in [0.15, 0.2) is 24.3 Å². The number of rotatable bonds is 11.